The summed E-state index contributed by atoms with van der Waals surface area (Å²) in [5, 5.41) is 0.362. The average Bonchev–Trinajstić information content (AvgIpc) is 2.58. The van der Waals surface area contributed by atoms with Crippen molar-refractivity contribution in [2.75, 3.05) is 25.2 Å². The van der Waals surface area contributed by atoms with E-state index in [0.29, 0.717) is 29.9 Å². The number of benzene rings is 1. The molecule has 0 saturated carbocycles. The van der Waals surface area contributed by atoms with E-state index in [1.54, 1.807) is 32.1 Å². The quantitative estimate of drug-likeness (QED) is 0.303. The van der Waals surface area contributed by atoms with Crippen molar-refractivity contribution in [2.45, 2.75) is 13.8 Å². The molecular formula is C18H20Br2O5. The highest BCUT2D eigenvalue weighted by Gasteiger charge is 2.11. The van der Waals surface area contributed by atoms with Gasteiger partial charge in [-0.3, -0.25) is 0 Å². The molecule has 1 aromatic rings. The Balaban J connectivity index is 2.91. The number of carbonyl (C=O) groups excluding carboxylic acids is 2. The Bertz CT molecular complexity index is 653. The van der Waals surface area contributed by atoms with E-state index in [2.05, 4.69) is 31.9 Å². The van der Waals surface area contributed by atoms with Crippen molar-refractivity contribution >= 4 is 49.9 Å². The van der Waals surface area contributed by atoms with Gasteiger partial charge in [-0.25, -0.2) is 9.59 Å². The van der Waals surface area contributed by atoms with Crippen LogP contribution in [0.25, 0.3) is 6.08 Å². The molecule has 0 spiro atoms. The Hall–Kier alpha value is -1.60. The molecule has 0 aliphatic heterocycles. The first-order chi connectivity index (χ1) is 12.0. The van der Waals surface area contributed by atoms with Crippen LogP contribution in [-0.2, 0) is 19.1 Å². The van der Waals surface area contributed by atoms with E-state index in [4.69, 9.17) is 14.2 Å². The van der Waals surface area contributed by atoms with Gasteiger partial charge >= 0.3 is 11.9 Å². The van der Waals surface area contributed by atoms with Crippen LogP contribution in [0.2, 0.25) is 0 Å². The van der Waals surface area contributed by atoms with Crippen LogP contribution in [0.4, 0.5) is 0 Å². The molecule has 0 aromatic heterocycles. The molecule has 0 saturated heterocycles. The van der Waals surface area contributed by atoms with Gasteiger partial charge in [0.2, 0.25) is 0 Å². The average molecular weight is 476 g/mol. The van der Waals surface area contributed by atoms with Gasteiger partial charge in [0.05, 0.1) is 13.2 Å². The molecule has 1 rings (SSSR count). The molecule has 136 valence electrons. The molecule has 0 aliphatic rings. The van der Waals surface area contributed by atoms with Crippen molar-refractivity contribution in [2.24, 2.45) is 0 Å². The summed E-state index contributed by atoms with van der Waals surface area (Å²) >= 11 is 6.70. The summed E-state index contributed by atoms with van der Waals surface area (Å²) in [6.07, 6.45) is 4.60. The van der Waals surface area contributed by atoms with Gasteiger partial charge in [0.1, 0.15) is 12.4 Å². The molecule has 0 amide bonds. The van der Waals surface area contributed by atoms with Gasteiger partial charge in [0.25, 0.3) is 0 Å². The molecule has 1 aromatic carbocycles. The van der Waals surface area contributed by atoms with E-state index in [-0.39, 0.29) is 12.6 Å². The van der Waals surface area contributed by atoms with Crippen LogP contribution in [0.1, 0.15) is 19.4 Å². The zero-order chi connectivity index (χ0) is 18.7. The maximum atomic E-state index is 11.9. The number of carbonyl (C=O) groups is 2. The molecule has 0 bridgehead atoms. The number of hydrogen-bond acceptors (Lipinski definition) is 5. The predicted octanol–water partition coefficient (Wildman–Crippen LogP) is 4.29. The zero-order valence-corrected chi connectivity index (χ0v) is 17.3. The standard InChI is InChI=1S/C18H20Br2O5/c1-3-23-17(21)6-5-9-25-16-8-7-15(20)11-13(16)10-14(12-19)18(22)24-4-2/h5-8,10-11H,3-4,9,12H2,1-2H3/b6-5+,14-10+. The van der Waals surface area contributed by atoms with Gasteiger partial charge in [-0.1, -0.05) is 31.9 Å². The number of alkyl halides is 1. The van der Waals surface area contributed by atoms with E-state index in [1.807, 2.05) is 12.1 Å². The van der Waals surface area contributed by atoms with Gasteiger partial charge in [-0.15, -0.1) is 0 Å². The first-order valence-electron chi connectivity index (χ1n) is 7.71. The summed E-state index contributed by atoms with van der Waals surface area (Å²) in [5.74, 6) is -0.210. The van der Waals surface area contributed by atoms with Crippen molar-refractivity contribution in [1.29, 1.82) is 0 Å². The van der Waals surface area contributed by atoms with Crippen molar-refractivity contribution in [3.8, 4) is 5.75 Å². The number of rotatable bonds is 9. The summed E-state index contributed by atoms with van der Waals surface area (Å²) in [6, 6.07) is 5.46. The van der Waals surface area contributed by atoms with Gasteiger partial charge in [0.15, 0.2) is 0 Å². The lowest BCUT2D eigenvalue weighted by molar-refractivity contribution is -0.138. The topological polar surface area (TPSA) is 61.8 Å². The second-order valence-corrected chi connectivity index (χ2v) is 6.15. The predicted molar refractivity (Wildman–Crippen MR) is 104 cm³/mol. The molecule has 5 nitrogen and oxygen atoms in total. The van der Waals surface area contributed by atoms with Gasteiger partial charge in [0, 0.05) is 27.0 Å². The molecule has 0 fully saturated rings. The maximum absolute atomic E-state index is 11.9. The van der Waals surface area contributed by atoms with Crippen LogP contribution >= 0.6 is 31.9 Å². The maximum Gasteiger partial charge on any atom is 0.334 e. The summed E-state index contributed by atoms with van der Waals surface area (Å²) in [5.41, 5.74) is 1.20. The third kappa shape index (κ3) is 7.88. The van der Waals surface area contributed by atoms with Gasteiger partial charge in [-0.05, 0) is 44.2 Å². The van der Waals surface area contributed by atoms with E-state index in [0.717, 1.165) is 10.0 Å². The second kappa shape index (κ2) is 11.9. The largest absolute Gasteiger partial charge is 0.489 e. The minimum atomic E-state index is -0.411. The fraction of sp³-hybridized carbons (Fsp3) is 0.333. The Morgan fingerprint density at radius 2 is 1.88 bits per heavy atom. The highest BCUT2D eigenvalue weighted by atomic mass is 79.9. The van der Waals surface area contributed by atoms with E-state index in [9.17, 15) is 9.59 Å². The summed E-state index contributed by atoms with van der Waals surface area (Å²) in [6.45, 7) is 4.34. The van der Waals surface area contributed by atoms with Gasteiger partial charge < -0.3 is 14.2 Å². The van der Waals surface area contributed by atoms with Gasteiger partial charge in [-0.2, -0.15) is 0 Å². The van der Waals surface area contributed by atoms with Crippen LogP contribution in [-0.4, -0.2) is 37.1 Å². The highest BCUT2D eigenvalue weighted by molar-refractivity contribution is 9.10. The molecule has 0 atom stereocenters. The number of hydrogen-bond donors (Lipinski definition) is 0. The lowest BCUT2D eigenvalue weighted by atomic mass is 10.1. The fourth-order valence-corrected chi connectivity index (χ4v) is 2.57. The monoisotopic (exact) mass is 474 g/mol. The lowest BCUT2D eigenvalue weighted by Crippen LogP contribution is -2.08. The van der Waals surface area contributed by atoms with Crippen LogP contribution in [0.15, 0.2) is 40.4 Å². The van der Waals surface area contributed by atoms with Crippen molar-refractivity contribution in [1.82, 2.24) is 0 Å². The first-order valence-corrected chi connectivity index (χ1v) is 9.62. The minimum Gasteiger partial charge on any atom is -0.489 e. The van der Waals surface area contributed by atoms with Crippen LogP contribution in [0.3, 0.4) is 0 Å². The molecular weight excluding hydrogens is 456 g/mol. The Morgan fingerprint density at radius 3 is 2.52 bits per heavy atom. The highest BCUT2D eigenvalue weighted by Crippen LogP contribution is 2.26. The summed E-state index contributed by atoms with van der Waals surface area (Å²) < 4.78 is 16.4. The summed E-state index contributed by atoms with van der Waals surface area (Å²) in [4.78, 5) is 23.2. The third-order valence-corrected chi connectivity index (χ3v) is 3.96. The molecule has 25 heavy (non-hydrogen) atoms. The molecule has 0 heterocycles. The number of esters is 2. The van der Waals surface area contributed by atoms with E-state index in [1.165, 1.54) is 6.08 Å². The molecule has 7 heteroatoms. The van der Waals surface area contributed by atoms with Crippen molar-refractivity contribution in [3.63, 3.8) is 0 Å². The van der Waals surface area contributed by atoms with E-state index >= 15 is 0 Å². The fourth-order valence-electron chi connectivity index (χ4n) is 1.80. The van der Waals surface area contributed by atoms with E-state index < -0.39 is 5.97 Å². The molecule has 0 aliphatic carbocycles. The summed E-state index contributed by atoms with van der Waals surface area (Å²) in [7, 11) is 0. The normalized spacial score (nSPS) is 11.4. The third-order valence-electron chi connectivity index (χ3n) is 2.86. The molecule has 0 N–H and O–H groups in total. The first kappa shape index (κ1) is 21.4. The second-order valence-electron chi connectivity index (χ2n) is 4.67. The van der Waals surface area contributed by atoms with Crippen molar-refractivity contribution < 1.29 is 23.8 Å². The Labute approximate surface area is 164 Å². The Morgan fingerprint density at radius 1 is 1.16 bits per heavy atom. The van der Waals surface area contributed by atoms with Crippen LogP contribution in [0.5, 0.6) is 5.75 Å². The smallest absolute Gasteiger partial charge is 0.334 e. The number of halogens is 2. The van der Waals surface area contributed by atoms with Crippen LogP contribution in [0, 0.1) is 0 Å². The molecule has 0 unspecified atom stereocenters. The lowest BCUT2D eigenvalue weighted by Gasteiger charge is -2.10. The molecule has 0 radical (unpaired) electrons. The SMILES string of the molecule is CCOC(=O)/C=C/COc1ccc(Br)cc1/C=C(\CBr)C(=O)OCC. The zero-order valence-electron chi connectivity index (χ0n) is 14.1. The number of ether oxygens (including phenoxy) is 3. The van der Waals surface area contributed by atoms with Crippen LogP contribution < -0.4 is 4.74 Å². The minimum absolute atomic E-state index is 0.199. The van der Waals surface area contributed by atoms with Crippen molar-refractivity contribution in [3.05, 3.63) is 46.0 Å². The Kier molecular flexibility index (Phi) is 10.2.